The molecule has 0 unspecified atom stereocenters. The fourth-order valence-corrected chi connectivity index (χ4v) is 2.44. The Morgan fingerprint density at radius 1 is 1.22 bits per heavy atom. The number of anilines is 2. The quantitative estimate of drug-likeness (QED) is 0.732. The number of rotatable bonds is 6. The molecule has 2 amide bonds. The summed E-state index contributed by atoms with van der Waals surface area (Å²) in [4.78, 5) is 37.4. The number of benzene rings is 1. The Hall–Kier alpha value is -3.36. The van der Waals surface area contributed by atoms with Gasteiger partial charge in [-0.25, -0.2) is 4.79 Å². The average Bonchev–Trinajstić information content (AvgIpc) is 2.94. The fraction of sp³-hybridized carbons (Fsp3) is 0.333. The number of para-hydroxylation sites is 1. The molecule has 0 atom stereocenters. The van der Waals surface area contributed by atoms with Crippen molar-refractivity contribution >= 4 is 29.4 Å². The number of amides is 2. The highest BCUT2D eigenvalue weighted by Crippen LogP contribution is 2.19. The number of nitrogens with two attached hydrogens (primary N) is 1. The maximum atomic E-state index is 12.2. The predicted molar refractivity (Wildman–Crippen MR) is 98.1 cm³/mol. The lowest BCUT2D eigenvalue weighted by atomic mass is 10.1. The molecule has 9 heteroatoms. The lowest BCUT2D eigenvalue weighted by molar-refractivity contribution is -0.136. The Morgan fingerprint density at radius 3 is 2.41 bits per heavy atom. The third-order valence-corrected chi connectivity index (χ3v) is 3.97. The number of hydrogen-bond donors (Lipinski definition) is 2. The van der Waals surface area contributed by atoms with Crippen molar-refractivity contribution in [3.05, 3.63) is 40.6 Å². The molecule has 0 radical (unpaired) electrons. The van der Waals surface area contributed by atoms with Gasteiger partial charge in [-0.1, -0.05) is 23.4 Å². The standard InChI is InChI=1S/C18H22N4O5/c1-10-6-5-7-11(2)16(10)20-13(23)8-22(4)14(24)9-26-18(25)15-12(3)21-27-17(15)19/h5-7H,8-9,19H2,1-4H3,(H,20,23). The highest BCUT2D eigenvalue weighted by Gasteiger charge is 2.22. The molecule has 0 saturated heterocycles. The second-order valence-electron chi connectivity index (χ2n) is 6.15. The van der Waals surface area contributed by atoms with E-state index in [1.54, 1.807) is 0 Å². The molecule has 2 rings (SSSR count). The summed E-state index contributed by atoms with van der Waals surface area (Å²) in [5.74, 6) is -1.87. The molecule has 9 nitrogen and oxygen atoms in total. The number of ether oxygens (including phenoxy) is 1. The second kappa shape index (κ2) is 8.35. The van der Waals surface area contributed by atoms with Gasteiger partial charge in [0, 0.05) is 12.7 Å². The van der Waals surface area contributed by atoms with Gasteiger partial charge in [0.15, 0.2) is 6.61 Å². The Bertz CT molecular complexity index is 835. The molecule has 0 spiro atoms. The summed E-state index contributed by atoms with van der Waals surface area (Å²) >= 11 is 0. The highest BCUT2D eigenvalue weighted by molar-refractivity contribution is 5.97. The number of nitrogens with one attached hydrogen (secondary N) is 1. The van der Waals surface area contributed by atoms with E-state index in [2.05, 4.69) is 15.0 Å². The number of nitrogens with zero attached hydrogens (tertiary/aromatic N) is 2. The maximum absolute atomic E-state index is 12.2. The summed E-state index contributed by atoms with van der Waals surface area (Å²) < 4.78 is 9.61. The Kier molecular flexibility index (Phi) is 6.17. The van der Waals surface area contributed by atoms with Gasteiger partial charge >= 0.3 is 5.97 Å². The minimum Gasteiger partial charge on any atom is -0.452 e. The van der Waals surface area contributed by atoms with Crippen molar-refractivity contribution in [1.29, 1.82) is 0 Å². The number of likely N-dealkylation sites (N-methyl/N-ethyl adjacent to an activating group) is 1. The molecule has 144 valence electrons. The molecule has 0 saturated carbocycles. The van der Waals surface area contributed by atoms with E-state index in [1.165, 1.54) is 18.9 Å². The predicted octanol–water partition coefficient (Wildman–Crippen LogP) is 1.44. The van der Waals surface area contributed by atoms with Crippen molar-refractivity contribution < 1.29 is 23.6 Å². The van der Waals surface area contributed by atoms with Gasteiger partial charge in [0.1, 0.15) is 5.56 Å². The first kappa shape index (κ1) is 20.0. The van der Waals surface area contributed by atoms with Crippen LogP contribution < -0.4 is 11.1 Å². The Labute approximate surface area is 156 Å². The van der Waals surface area contributed by atoms with Crippen molar-refractivity contribution in [2.45, 2.75) is 20.8 Å². The minimum atomic E-state index is -0.812. The van der Waals surface area contributed by atoms with E-state index in [-0.39, 0.29) is 29.6 Å². The molecular formula is C18H22N4O5. The molecule has 3 N–H and O–H groups in total. The van der Waals surface area contributed by atoms with Crippen LogP contribution in [0.15, 0.2) is 22.7 Å². The van der Waals surface area contributed by atoms with E-state index in [0.29, 0.717) is 5.69 Å². The average molecular weight is 374 g/mol. The van der Waals surface area contributed by atoms with Crippen molar-refractivity contribution in [3.8, 4) is 0 Å². The topological polar surface area (TPSA) is 128 Å². The highest BCUT2D eigenvalue weighted by atomic mass is 16.5. The zero-order valence-electron chi connectivity index (χ0n) is 15.7. The third-order valence-electron chi connectivity index (χ3n) is 3.97. The SMILES string of the molecule is Cc1cccc(C)c1NC(=O)CN(C)C(=O)COC(=O)c1c(C)noc1N. The van der Waals surface area contributed by atoms with Gasteiger partial charge in [0.2, 0.25) is 11.8 Å². The summed E-state index contributed by atoms with van der Waals surface area (Å²) in [7, 11) is 1.44. The summed E-state index contributed by atoms with van der Waals surface area (Å²) in [6.45, 7) is 4.58. The first-order valence-corrected chi connectivity index (χ1v) is 8.19. The van der Waals surface area contributed by atoms with Crippen LogP contribution in [0.1, 0.15) is 27.2 Å². The zero-order chi connectivity index (χ0) is 20.1. The van der Waals surface area contributed by atoms with Crippen LogP contribution in [0.25, 0.3) is 0 Å². The smallest absolute Gasteiger partial charge is 0.346 e. The van der Waals surface area contributed by atoms with Crippen molar-refractivity contribution in [1.82, 2.24) is 10.1 Å². The summed E-state index contributed by atoms with van der Waals surface area (Å²) in [6.07, 6.45) is 0. The van der Waals surface area contributed by atoms with Crippen molar-refractivity contribution in [2.75, 3.05) is 31.2 Å². The van der Waals surface area contributed by atoms with Gasteiger partial charge in [-0.05, 0) is 31.9 Å². The van der Waals surface area contributed by atoms with Crippen molar-refractivity contribution in [2.24, 2.45) is 0 Å². The van der Waals surface area contributed by atoms with Crippen LogP contribution in [-0.2, 0) is 14.3 Å². The number of aryl methyl sites for hydroxylation is 3. The van der Waals surface area contributed by atoms with Crippen LogP contribution in [0.5, 0.6) is 0 Å². The number of nitrogen functional groups attached to an aromatic ring is 1. The lowest BCUT2D eigenvalue weighted by Crippen LogP contribution is -2.37. The molecule has 1 aromatic heterocycles. The number of aromatic nitrogens is 1. The van der Waals surface area contributed by atoms with Crippen LogP contribution in [0.2, 0.25) is 0 Å². The molecule has 0 aliphatic carbocycles. The van der Waals surface area contributed by atoms with E-state index < -0.39 is 18.5 Å². The normalized spacial score (nSPS) is 10.4. The number of carbonyl (C=O) groups excluding carboxylic acids is 3. The Morgan fingerprint density at radius 2 is 1.85 bits per heavy atom. The summed E-state index contributed by atoms with van der Waals surface area (Å²) in [5, 5.41) is 6.33. The lowest BCUT2D eigenvalue weighted by Gasteiger charge is -2.18. The Balaban J connectivity index is 1.88. The van der Waals surface area contributed by atoms with Crippen LogP contribution in [-0.4, -0.2) is 48.0 Å². The van der Waals surface area contributed by atoms with Crippen LogP contribution in [0.3, 0.4) is 0 Å². The molecular weight excluding hydrogens is 352 g/mol. The van der Waals surface area contributed by atoms with E-state index in [4.69, 9.17) is 10.5 Å². The van der Waals surface area contributed by atoms with Crippen LogP contribution in [0, 0.1) is 20.8 Å². The first-order valence-electron chi connectivity index (χ1n) is 8.19. The largest absolute Gasteiger partial charge is 0.452 e. The monoisotopic (exact) mass is 374 g/mol. The second-order valence-corrected chi connectivity index (χ2v) is 6.15. The van der Waals surface area contributed by atoms with Gasteiger partial charge in [-0.2, -0.15) is 0 Å². The number of carbonyl (C=O) groups is 3. The summed E-state index contributed by atoms with van der Waals surface area (Å²) in [6, 6.07) is 5.67. The number of hydrogen-bond acceptors (Lipinski definition) is 7. The van der Waals surface area contributed by atoms with E-state index in [0.717, 1.165) is 11.1 Å². The van der Waals surface area contributed by atoms with Gasteiger partial charge in [0.25, 0.3) is 5.91 Å². The molecule has 27 heavy (non-hydrogen) atoms. The van der Waals surface area contributed by atoms with E-state index in [1.807, 2.05) is 32.0 Å². The first-order chi connectivity index (χ1) is 12.7. The van der Waals surface area contributed by atoms with Gasteiger partial charge in [-0.15, -0.1) is 0 Å². The third kappa shape index (κ3) is 4.84. The molecule has 0 aliphatic rings. The van der Waals surface area contributed by atoms with Crippen LogP contribution >= 0.6 is 0 Å². The zero-order valence-corrected chi connectivity index (χ0v) is 15.7. The van der Waals surface area contributed by atoms with Gasteiger partial charge in [0.05, 0.1) is 12.2 Å². The molecule has 0 aliphatic heterocycles. The number of esters is 1. The van der Waals surface area contributed by atoms with E-state index in [9.17, 15) is 14.4 Å². The fourth-order valence-electron chi connectivity index (χ4n) is 2.44. The molecule has 0 fully saturated rings. The maximum Gasteiger partial charge on any atom is 0.346 e. The molecule has 0 bridgehead atoms. The van der Waals surface area contributed by atoms with Crippen LogP contribution in [0.4, 0.5) is 11.6 Å². The summed E-state index contributed by atoms with van der Waals surface area (Å²) in [5.41, 5.74) is 8.31. The van der Waals surface area contributed by atoms with Gasteiger partial charge < -0.3 is 25.2 Å². The van der Waals surface area contributed by atoms with E-state index >= 15 is 0 Å². The molecule has 1 heterocycles. The molecule has 1 aromatic carbocycles. The molecule has 2 aromatic rings. The minimum absolute atomic E-state index is 0.0155. The van der Waals surface area contributed by atoms with Gasteiger partial charge in [-0.3, -0.25) is 9.59 Å². The van der Waals surface area contributed by atoms with Crippen molar-refractivity contribution in [3.63, 3.8) is 0 Å².